The van der Waals surface area contributed by atoms with E-state index in [2.05, 4.69) is 81.5 Å². The molecule has 79 heavy (non-hydrogen) atoms. The number of carbonyl (C=O) groups is 3. The molecule has 0 rings (SSSR count). The molecule has 0 aromatic carbocycles. The van der Waals surface area contributed by atoms with Crippen LogP contribution in [0.15, 0.2) is 60.8 Å². The number of ether oxygens (including phenoxy) is 3. The molecule has 0 saturated heterocycles. The van der Waals surface area contributed by atoms with Crippen molar-refractivity contribution in [2.45, 2.75) is 374 Å². The Kier molecular flexibility index (Phi) is 65.1. The second kappa shape index (κ2) is 67.6. The first kappa shape index (κ1) is 76.1. The highest BCUT2D eigenvalue weighted by molar-refractivity contribution is 5.71. The average molecular weight is 1110 g/mol. The monoisotopic (exact) mass is 1110 g/mol. The summed E-state index contributed by atoms with van der Waals surface area (Å²) in [5.41, 5.74) is 0. The number of esters is 3. The van der Waals surface area contributed by atoms with Crippen molar-refractivity contribution in [3.63, 3.8) is 0 Å². The van der Waals surface area contributed by atoms with E-state index in [-0.39, 0.29) is 37.5 Å². The Morgan fingerprint density at radius 2 is 0.494 bits per heavy atom. The Balaban J connectivity index is 4.06. The maximum absolute atomic E-state index is 12.8. The quantitative estimate of drug-likeness (QED) is 0.0261. The lowest BCUT2D eigenvalue weighted by molar-refractivity contribution is -0.167. The van der Waals surface area contributed by atoms with Gasteiger partial charge in [-0.1, -0.05) is 351 Å². The lowest BCUT2D eigenvalue weighted by atomic mass is 10.0. The van der Waals surface area contributed by atoms with Crippen LogP contribution in [-0.2, 0) is 28.6 Å². The van der Waals surface area contributed by atoms with Gasteiger partial charge in [0, 0.05) is 19.3 Å². The number of hydrogen-bond acceptors (Lipinski definition) is 6. The van der Waals surface area contributed by atoms with Gasteiger partial charge in [0.2, 0.25) is 0 Å². The molecule has 1 atom stereocenters. The van der Waals surface area contributed by atoms with Crippen molar-refractivity contribution in [1.29, 1.82) is 0 Å². The summed E-state index contributed by atoms with van der Waals surface area (Å²) in [6, 6.07) is 0. The van der Waals surface area contributed by atoms with E-state index in [1.54, 1.807) is 0 Å². The third-order valence-electron chi connectivity index (χ3n) is 15.5. The zero-order valence-electron chi connectivity index (χ0n) is 52.9. The Morgan fingerprint density at radius 1 is 0.266 bits per heavy atom. The first-order chi connectivity index (χ1) is 39.0. The number of hydrogen-bond donors (Lipinski definition) is 0. The molecule has 0 aromatic heterocycles. The molecule has 0 saturated carbocycles. The maximum atomic E-state index is 12.8. The highest BCUT2D eigenvalue weighted by Gasteiger charge is 2.19. The smallest absolute Gasteiger partial charge is 0.306 e. The van der Waals surface area contributed by atoms with Crippen LogP contribution in [0.2, 0.25) is 0 Å². The van der Waals surface area contributed by atoms with E-state index in [1.807, 2.05) is 0 Å². The lowest BCUT2D eigenvalue weighted by Gasteiger charge is -2.18. The predicted molar refractivity (Wildman–Crippen MR) is 344 cm³/mol. The van der Waals surface area contributed by atoms with Crippen molar-refractivity contribution < 1.29 is 28.6 Å². The van der Waals surface area contributed by atoms with Crippen LogP contribution in [0.3, 0.4) is 0 Å². The first-order valence-corrected chi connectivity index (χ1v) is 34.8. The van der Waals surface area contributed by atoms with Crippen LogP contribution in [0, 0.1) is 0 Å². The fraction of sp³-hybridized carbons (Fsp3) is 0.822. The minimum absolute atomic E-state index is 0.0927. The largest absolute Gasteiger partial charge is 0.462 e. The molecule has 0 bridgehead atoms. The van der Waals surface area contributed by atoms with Crippen molar-refractivity contribution in [2.75, 3.05) is 13.2 Å². The summed E-state index contributed by atoms with van der Waals surface area (Å²) in [6.07, 6.45) is 87.2. The Bertz CT molecular complexity index is 1410. The number of unbranched alkanes of at least 4 members (excludes halogenated alkanes) is 43. The summed E-state index contributed by atoms with van der Waals surface area (Å²) in [5, 5.41) is 0. The molecule has 460 valence electrons. The summed E-state index contributed by atoms with van der Waals surface area (Å²) in [7, 11) is 0. The van der Waals surface area contributed by atoms with Gasteiger partial charge in [0.1, 0.15) is 13.2 Å². The molecule has 0 aliphatic heterocycles. The SMILES string of the molecule is CC/C=C\C/C=C\C/C=C\C/C=C\C/C=C\CCCC(=O)OC(COC(=O)CCCCCCCCCCCC)COC(=O)CCCCCCCCCCCCCCCCCCCCCCCCCCCCCCCCCCCC. The third kappa shape index (κ3) is 65.8. The van der Waals surface area contributed by atoms with Gasteiger partial charge in [0.05, 0.1) is 0 Å². The third-order valence-corrected chi connectivity index (χ3v) is 15.5. The molecule has 6 nitrogen and oxygen atoms in total. The van der Waals surface area contributed by atoms with Gasteiger partial charge in [-0.05, 0) is 57.8 Å². The number of carbonyl (C=O) groups excluding carboxylic acids is 3. The van der Waals surface area contributed by atoms with Gasteiger partial charge in [-0.2, -0.15) is 0 Å². The van der Waals surface area contributed by atoms with Crippen LogP contribution < -0.4 is 0 Å². The molecule has 0 aromatic rings. The topological polar surface area (TPSA) is 78.9 Å². The molecule has 1 unspecified atom stereocenters. The molecule has 0 amide bonds. The first-order valence-electron chi connectivity index (χ1n) is 34.8. The number of allylic oxidation sites excluding steroid dienone is 10. The highest BCUT2D eigenvalue weighted by Crippen LogP contribution is 2.19. The summed E-state index contributed by atoms with van der Waals surface area (Å²) in [5.74, 6) is -0.935. The molecule has 0 aliphatic rings. The van der Waals surface area contributed by atoms with Crippen LogP contribution in [0.5, 0.6) is 0 Å². The minimum atomic E-state index is -0.801. The van der Waals surface area contributed by atoms with Gasteiger partial charge < -0.3 is 14.2 Å². The van der Waals surface area contributed by atoms with Gasteiger partial charge in [-0.3, -0.25) is 14.4 Å². The summed E-state index contributed by atoms with van der Waals surface area (Å²) >= 11 is 0. The van der Waals surface area contributed by atoms with Crippen molar-refractivity contribution in [1.82, 2.24) is 0 Å². The van der Waals surface area contributed by atoms with Crippen molar-refractivity contribution >= 4 is 17.9 Å². The second-order valence-electron chi connectivity index (χ2n) is 23.4. The lowest BCUT2D eigenvalue weighted by Crippen LogP contribution is -2.30. The van der Waals surface area contributed by atoms with E-state index >= 15 is 0 Å². The normalized spacial score (nSPS) is 12.4. The Hall–Kier alpha value is -2.89. The predicted octanol–water partition coefficient (Wildman–Crippen LogP) is 23.9. The van der Waals surface area contributed by atoms with E-state index in [1.165, 1.54) is 244 Å². The summed E-state index contributed by atoms with van der Waals surface area (Å²) in [4.78, 5) is 38.2. The van der Waals surface area contributed by atoms with E-state index in [9.17, 15) is 14.4 Å². The second-order valence-corrected chi connectivity index (χ2v) is 23.4. The fourth-order valence-corrected chi connectivity index (χ4v) is 10.4. The van der Waals surface area contributed by atoms with Crippen LogP contribution in [0.4, 0.5) is 0 Å². The van der Waals surface area contributed by atoms with Crippen LogP contribution in [0.25, 0.3) is 0 Å². The molecule has 6 heteroatoms. The van der Waals surface area contributed by atoms with E-state index in [0.29, 0.717) is 19.3 Å². The standard InChI is InChI=1S/C73H132O6/c1-4-7-10-13-16-19-22-24-26-28-29-30-31-32-33-34-35-36-37-38-39-40-41-42-43-44-46-47-49-51-54-57-60-63-66-72(75)78-69-70(68-77-71(74)65-62-59-56-53-21-18-15-12-9-6-3)79-73(76)67-64-61-58-55-52-50-48-45-27-25-23-20-17-14-11-8-5-2/h8,11,17,20,25,27,48,50,55,58,70H,4-7,9-10,12-16,18-19,21-24,26,28-47,49,51-54,56-57,59-69H2,1-3H3/b11-8-,20-17-,27-25-,50-48-,58-55-. The molecule has 0 heterocycles. The van der Waals surface area contributed by atoms with E-state index < -0.39 is 6.10 Å². The Labute approximate surface area is 491 Å². The molecule has 0 spiro atoms. The summed E-state index contributed by atoms with van der Waals surface area (Å²) < 4.78 is 16.8. The van der Waals surface area contributed by atoms with Gasteiger partial charge >= 0.3 is 17.9 Å². The summed E-state index contributed by atoms with van der Waals surface area (Å²) in [6.45, 7) is 6.52. The number of rotatable bonds is 64. The highest BCUT2D eigenvalue weighted by atomic mass is 16.6. The zero-order chi connectivity index (χ0) is 57.1. The molecule has 0 radical (unpaired) electrons. The van der Waals surface area contributed by atoms with E-state index in [0.717, 1.165) is 77.0 Å². The molecule has 0 N–H and O–H groups in total. The molecule has 0 aliphatic carbocycles. The Morgan fingerprint density at radius 3 is 0.759 bits per heavy atom. The van der Waals surface area contributed by atoms with Crippen molar-refractivity contribution in [3.8, 4) is 0 Å². The maximum Gasteiger partial charge on any atom is 0.306 e. The minimum Gasteiger partial charge on any atom is -0.462 e. The van der Waals surface area contributed by atoms with Gasteiger partial charge in [0.25, 0.3) is 0 Å². The van der Waals surface area contributed by atoms with Crippen molar-refractivity contribution in [2.24, 2.45) is 0 Å². The van der Waals surface area contributed by atoms with Crippen LogP contribution in [-0.4, -0.2) is 37.2 Å². The van der Waals surface area contributed by atoms with E-state index in [4.69, 9.17) is 14.2 Å². The van der Waals surface area contributed by atoms with Crippen LogP contribution in [0.1, 0.15) is 367 Å². The zero-order valence-corrected chi connectivity index (χ0v) is 52.9. The average Bonchev–Trinajstić information content (AvgIpc) is 3.45. The molecular weight excluding hydrogens is 973 g/mol. The fourth-order valence-electron chi connectivity index (χ4n) is 10.4. The van der Waals surface area contributed by atoms with Gasteiger partial charge in [-0.15, -0.1) is 0 Å². The van der Waals surface area contributed by atoms with Gasteiger partial charge in [-0.25, -0.2) is 0 Å². The molecular formula is C73H132O6. The van der Waals surface area contributed by atoms with Crippen LogP contribution >= 0.6 is 0 Å². The van der Waals surface area contributed by atoms with Gasteiger partial charge in [0.15, 0.2) is 6.10 Å². The van der Waals surface area contributed by atoms with Crippen molar-refractivity contribution in [3.05, 3.63) is 60.8 Å². The molecule has 0 fully saturated rings.